The number of carbonyl (C=O) groups is 1. The predicted octanol–water partition coefficient (Wildman–Crippen LogP) is 4.45. The third kappa shape index (κ3) is 3.02. The molecule has 4 fully saturated rings. The number of fused-ring (bicyclic) bond motifs is 3. The molecule has 2 aromatic rings. The number of alkyl halides is 3. The number of aromatic nitrogens is 3. The van der Waals surface area contributed by atoms with Gasteiger partial charge in [-0.05, 0) is 62.3 Å². The molecule has 1 amide bonds. The van der Waals surface area contributed by atoms with Crippen LogP contribution in [0.25, 0.3) is 5.69 Å². The highest BCUT2D eigenvalue weighted by Gasteiger charge is 2.71. The van der Waals surface area contributed by atoms with Crippen LogP contribution >= 0.6 is 11.6 Å². The van der Waals surface area contributed by atoms with Gasteiger partial charge in [-0.1, -0.05) is 11.6 Å². The van der Waals surface area contributed by atoms with Gasteiger partial charge in [-0.15, -0.1) is 10.2 Å². The summed E-state index contributed by atoms with van der Waals surface area (Å²) in [5.74, 6) is 1.30. The topological polar surface area (TPSA) is 54.3 Å². The number of carbonyl (C=O) groups excluding carboxylic acids is 1. The van der Waals surface area contributed by atoms with Crippen LogP contribution in [0.3, 0.4) is 0 Å². The summed E-state index contributed by atoms with van der Waals surface area (Å²) in [7, 11) is 0. The summed E-state index contributed by atoms with van der Waals surface area (Å²) >= 11 is 6.32. The molecule has 0 N–H and O–H groups in total. The Hall–Kier alpha value is -2.13. The number of amides is 1. The minimum absolute atomic E-state index is 0.0748. The number of halogens is 4. The quantitative estimate of drug-likeness (QED) is 0.636. The average molecular weight is 492 g/mol. The number of nitrogens with zero attached hydrogens (tertiary/aromatic N) is 5. The fourth-order valence-electron chi connectivity index (χ4n) is 6.39. The largest absolute Gasteiger partial charge is 0.403 e. The Bertz CT molecular complexity index is 1190. The smallest absolute Gasteiger partial charge is 0.341 e. The van der Waals surface area contributed by atoms with E-state index in [-0.39, 0.29) is 24.2 Å². The van der Waals surface area contributed by atoms with E-state index in [1.165, 1.54) is 17.7 Å². The average Bonchev–Trinajstić information content (AvgIpc) is 3.62. The Morgan fingerprint density at radius 2 is 1.82 bits per heavy atom. The van der Waals surface area contributed by atoms with E-state index in [1.54, 1.807) is 0 Å². The molecule has 0 unspecified atom stereocenters. The molecule has 6 nitrogen and oxygen atoms in total. The molecule has 0 atom stereocenters. The highest BCUT2D eigenvalue weighted by atomic mass is 35.5. The van der Waals surface area contributed by atoms with Crippen LogP contribution < -0.4 is 0 Å². The van der Waals surface area contributed by atoms with Crippen LogP contribution in [-0.2, 0) is 17.9 Å². The lowest BCUT2D eigenvalue weighted by Crippen LogP contribution is -2.65. The fraction of sp³-hybridized carbons (Fsp3) is 0.625. The summed E-state index contributed by atoms with van der Waals surface area (Å²) in [6, 6.07) is 6.54. The molecule has 1 aromatic heterocycles. The van der Waals surface area contributed by atoms with E-state index in [2.05, 4.69) is 19.7 Å². The van der Waals surface area contributed by atoms with E-state index in [4.69, 9.17) is 11.6 Å². The van der Waals surface area contributed by atoms with Crippen LogP contribution in [0.4, 0.5) is 13.2 Å². The van der Waals surface area contributed by atoms with E-state index in [0.717, 1.165) is 48.8 Å². The molecule has 2 aliphatic heterocycles. The van der Waals surface area contributed by atoms with Gasteiger partial charge in [0.25, 0.3) is 0 Å². The van der Waals surface area contributed by atoms with E-state index in [1.807, 2.05) is 18.2 Å². The van der Waals surface area contributed by atoms with Crippen LogP contribution in [-0.4, -0.2) is 55.8 Å². The van der Waals surface area contributed by atoms with Crippen LogP contribution in [0.1, 0.15) is 61.7 Å². The van der Waals surface area contributed by atoms with Crippen molar-refractivity contribution >= 4 is 17.5 Å². The van der Waals surface area contributed by atoms with Gasteiger partial charge in [-0.3, -0.25) is 14.3 Å². The monoisotopic (exact) mass is 491 g/mol. The third-order valence-electron chi connectivity index (χ3n) is 8.58. The van der Waals surface area contributed by atoms with Crippen LogP contribution in [0.5, 0.6) is 0 Å². The first-order valence-electron chi connectivity index (χ1n) is 12.0. The number of hydrogen-bond donors (Lipinski definition) is 0. The molecule has 180 valence electrons. The van der Waals surface area contributed by atoms with Crippen LogP contribution in [0, 0.1) is 10.8 Å². The third-order valence-corrected chi connectivity index (χ3v) is 8.82. The summed E-state index contributed by atoms with van der Waals surface area (Å²) in [5, 5.41) is 9.84. The molecule has 3 heterocycles. The van der Waals surface area contributed by atoms with Gasteiger partial charge in [-0.25, -0.2) is 0 Å². The zero-order valence-corrected chi connectivity index (χ0v) is 19.4. The molecule has 5 aliphatic rings. The Kier molecular flexibility index (Phi) is 4.21. The molecule has 1 spiro atoms. The maximum atomic E-state index is 13.3. The highest BCUT2D eigenvalue weighted by Crippen LogP contribution is 2.62. The summed E-state index contributed by atoms with van der Waals surface area (Å²) < 4.78 is 42.2. The zero-order chi connectivity index (χ0) is 23.5. The molecule has 1 saturated heterocycles. The molecule has 10 heteroatoms. The summed E-state index contributed by atoms with van der Waals surface area (Å²) in [5.41, 5.74) is 0.0352. The van der Waals surface area contributed by atoms with Gasteiger partial charge in [0.2, 0.25) is 5.91 Å². The van der Waals surface area contributed by atoms with Crippen LogP contribution in [0.15, 0.2) is 18.2 Å². The first kappa shape index (κ1) is 21.2. The van der Waals surface area contributed by atoms with E-state index >= 15 is 0 Å². The van der Waals surface area contributed by atoms with Gasteiger partial charge in [0, 0.05) is 42.0 Å². The Balaban J connectivity index is 1.10. The van der Waals surface area contributed by atoms with Gasteiger partial charge in [0.1, 0.15) is 11.2 Å². The first-order chi connectivity index (χ1) is 16.2. The summed E-state index contributed by atoms with van der Waals surface area (Å²) in [6.07, 6.45) is -0.547. The fourth-order valence-corrected chi connectivity index (χ4v) is 6.59. The number of rotatable bonds is 3. The second kappa shape index (κ2) is 6.75. The Morgan fingerprint density at radius 1 is 1.09 bits per heavy atom. The van der Waals surface area contributed by atoms with Crippen LogP contribution in [0.2, 0.25) is 5.02 Å². The van der Waals surface area contributed by atoms with Crippen molar-refractivity contribution in [1.29, 1.82) is 0 Å². The number of hydrogen-bond acceptors (Lipinski definition) is 4. The predicted molar refractivity (Wildman–Crippen MR) is 117 cm³/mol. The molecule has 0 bridgehead atoms. The number of benzene rings is 1. The van der Waals surface area contributed by atoms with Gasteiger partial charge in [0.05, 0.1) is 12.2 Å². The maximum Gasteiger partial charge on any atom is 0.403 e. The van der Waals surface area contributed by atoms with Crippen molar-refractivity contribution in [1.82, 2.24) is 24.6 Å². The molecular formula is C24H25ClF3N5O. The van der Waals surface area contributed by atoms with E-state index < -0.39 is 17.5 Å². The lowest BCUT2D eigenvalue weighted by atomic mass is 9.57. The molecule has 3 saturated carbocycles. The minimum Gasteiger partial charge on any atom is -0.341 e. The molecule has 0 radical (unpaired) electrons. The second-order valence-electron chi connectivity index (χ2n) is 11.1. The first-order valence-corrected chi connectivity index (χ1v) is 12.4. The van der Waals surface area contributed by atoms with E-state index in [9.17, 15) is 18.0 Å². The second-order valence-corrected chi connectivity index (χ2v) is 11.5. The minimum atomic E-state index is -4.45. The van der Waals surface area contributed by atoms with Crippen molar-refractivity contribution in [2.75, 3.05) is 13.1 Å². The lowest BCUT2D eigenvalue weighted by Gasteiger charge is -2.59. The van der Waals surface area contributed by atoms with E-state index in [0.29, 0.717) is 24.2 Å². The van der Waals surface area contributed by atoms with Crippen molar-refractivity contribution < 1.29 is 18.0 Å². The van der Waals surface area contributed by atoms with Gasteiger partial charge in [0.15, 0.2) is 5.82 Å². The van der Waals surface area contributed by atoms with Gasteiger partial charge in [-0.2, -0.15) is 13.2 Å². The summed E-state index contributed by atoms with van der Waals surface area (Å²) in [4.78, 5) is 16.4. The van der Waals surface area contributed by atoms with Gasteiger partial charge < -0.3 is 4.90 Å². The normalized spacial score (nSPS) is 25.2. The lowest BCUT2D eigenvalue weighted by molar-refractivity contribution is -0.207. The Labute approximate surface area is 200 Å². The van der Waals surface area contributed by atoms with Crippen molar-refractivity contribution in [2.45, 2.75) is 69.8 Å². The number of likely N-dealkylation sites (tertiary alicyclic amines) is 1. The molecule has 3 aliphatic carbocycles. The maximum absolute atomic E-state index is 13.3. The highest BCUT2D eigenvalue weighted by molar-refractivity contribution is 6.30. The Morgan fingerprint density at radius 3 is 2.47 bits per heavy atom. The van der Waals surface area contributed by atoms with Crippen molar-refractivity contribution in [3.05, 3.63) is 40.4 Å². The molecule has 34 heavy (non-hydrogen) atoms. The van der Waals surface area contributed by atoms with Gasteiger partial charge >= 0.3 is 6.18 Å². The molecular weight excluding hydrogens is 467 g/mol. The zero-order valence-electron chi connectivity index (χ0n) is 18.6. The molecule has 7 rings (SSSR count). The SMILES string of the molecule is O=C(N1CC2(CC(c3nnc4n3-c3ccc(Cl)cc3CN(C3CC3)C4)C2)C1)C1(C(F)(F)F)CC1. The van der Waals surface area contributed by atoms with Crippen molar-refractivity contribution in [2.24, 2.45) is 10.8 Å². The summed E-state index contributed by atoms with van der Waals surface area (Å²) in [6.45, 7) is 2.41. The van der Waals surface area contributed by atoms with Crippen molar-refractivity contribution in [3.8, 4) is 5.69 Å². The molecule has 1 aromatic carbocycles. The van der Waals surface area contributed by atoms with Crippen molar-refractivity contribution in [3.63, 3.8) is 0 Å². The standard InChI is InChI=1S/C24H25ClF3N5O/c25-16-1-4-18-14(7-16)10-31(17-2-3-17)11-19-29-30-20(33(18)19)15-8-22(9-15)12-32(13-22)21(34)23(5-6-23)24(26,27)28/h1,4,7,15,17H,2-3,5-6,8-13H2.